The van der Waals surface area contributed by atoms with Crippen LogP contribution in [0.4, 0.5) is 0 Å². The van der Waals surface area contributed by atoms with Crippen molar-refractivity contribution in [1.29, 1.82) is 0 Å². The summed E-state index contributed by atoms with van der Waals surface area (Å²) in [6.45, 7) is 8.05. The minimum atomic E-state index is 0.386. The van der Waals surface area contributed by atoms with Gasteiger partial charge >= 0.3 is 6.01 Å². The van der Waals surface area contributed by atoms with Crippen molar-refractivity contribution in [3.05, 3.63) is 95.2 Å². The van der Waals surface area contributed by atoms with E-state index < -0.39 is 0 Å². The van der Waals surface area contributed by atoms with Gasteiger partial charge in [-0.25, -0.2) is 0 Å². The molecular formula is C34H39N3O4. The molecule has 0 fully saturated rings. The third-order valence-corrected chi connectivity index (χ3v) is 7.08. The Hall–Kier alpha value is -4.10. The van der Waals surface area contributed by atoms with Gasteiger partial charge in [-0.1, -0.05) is 61.9 Å². The van der Waals surface area contributed by atoms with E-state index in [0.29, 0.717) is 38.9 Å². The summed E-state index contributed by atoms with van der Waals surface area (Å²) in [5.74, 6) is 2.47. The maximum atomic E-state index is 5.89. The molecule has 7 heteroatoms. The number of nitrogens with zero attached hydrogens (tertiary/aromatic N) is 3. The van der Waals surface area contributed by atoms with Gasteiger partial charge in [0.1, 0.15) is 19.0 Å². The molecule has 0 spiro atoms. The first-order valence-electron chi connectivity index (χ1n) is 14.5. The van der Waals surface area contributed by atoms with Crippen LogP contribution >= 0.6 is 0 Å². The maximum absolute atomic E-state index is 5.89. The van der Waals surface area contributed by atoms with Crippen molar-refractivity contribution in [3.8, 4) is 34.5 Å². The van der Waals surface area contributed by atoms with Gasteiger partial charge in [0.05, 0.1) is 25.1 Å². The first kappa shape index (κ1) is 28.4. The quantitative estimate of drug-likeness (QED) is 0.179. The van der Waals surface area contributed by atoms with E-state index in [1.54, 1.807) is 7.11 Å². The van der Waals surface area contributed by atoms with Gasteiger partial charge in [-0.15, -0.1) is 0 Å². The zero-order valence-corrected chi connectivity index (χ0v) is 24.3. The molecule has 0 aliphatic carbocycles. The number of ether oxygens (including phenoxy) is 4. The van der Waals surface area contributed by atoms with E-state index in [9.17, 15) is 0 Å². The Morgan fingerprint density at radius 1 is 0.805 bits per heavy atom. The number of fused-ring (bicyclic) bond motifs is 1. The van der Waals surface area contributed by atoms with Crippen molar-refractivity contribution < 1.29 is 18.9 Å². The van der Waals surface area contributed by atoms with Crippen LogP contribution in [0.15, 0.2) is 72.8 Å². The lowest BCUT2D eigenvalue weighted by Gasteiger charge is -2.26. The van der Waals surface area contributed by atoms with Crippen molar-refractivity contribution >= 4 is 0 Å². The number of unbranched alkanes of at least 4 members (excludes halogenated alkanes) is 1. The average Bonchev–Trinajstić information content (AvgIpc) is 3.01. The molecular weight excluding hydrogens is 514 g/mol. The number of rotatable bonds is 13. The van der Waals surface area contributed by atoms with Gasteiger partial charge in [-0.05, 0) is 55.2 Å². The molecule has 214 valence electrons. The van der Waals surface area contributed by atoms with E-state index in [4.69, 9.17) is 28.9 Å². The fourth-order valence-corrected chi connectivity index (χ4v) is 5.16. The molecule has 3 aromatic carbocycles. The van der Waals surface area contributed by atoms with Crippen LogP contribution in [0.2, 0.25) is 0 Å². The van der Waals surface area contributed by atoms with Crippen molar-refractivity contribution in [2.45, 2.75) is 52.7 Å². The Balaban J connectivity index is 1.53. The monoisotopic (exact) mass is 553 g/mol. The van der Waals surface area contributed by atoms with Crippen LogP contribution < -0.4 is 18.9 Å². The highest BCUT2D eigenvalue weighted by Gasteiger charge is 2.20. The summed E-state index contributed by atoms with van der Waals surface area (Å²) < 4.78 is 23.1. The number of hydrogen-bond acceptors (Lipinski definition) is 7. The Bertz CT molecular complexity index is 1430. The highest BCUT2D eigenvalue weighted by Crippen LogP contribution is 2.33. The zero-order valence-electron chi connectivity index (χ0n) is 24.3. The predicted octanol–water partition coefficient (Wildman–Crippen LogP) is 6.87. The summed E-state index contributed by atoms with van der Waals surface area (Å²) >= 11 is 0. The molecule has 7 nitrogen and oxygen atoms in total. The van der Waals surface area contributed by atoms with Gasteiger partial charge in [0.15, 0.2) is 11.5 Å². The first-order chi connectivity index (χ1) is 20.2. The van der Waals surface area contributed by atoms with Crippen LogP contribution in [0.25, 0.3) is 11.3 Å². The molecule has 0 saturated heterocycles. The summed E-state index contributed by atoms with van der Waals surface area (Å²) in [4.78, 5) is 12.2. The summed E-state index contributed by atoms with van der Waals surface area (Å²) in [5.41, 5.74) is 6.50. The molecule has 41 heavy (non-hydrogen) atoms. The van der Waals surface area contributed by atoms with E-state index in [1.165, 1.54) is 11.1 Å². The van der Waals surface area contributed by atoms with Crippen LogP contribution in [0.5, 0.6) is 23.3 Å². The number of methoxy groups -OCH3 is 1. The molecule has 0 atom stereocenters. The first-order valence-corrected chi connectivity index (χ1v) is 14.5. The third kappa shape index (κ3) is 7.35. The van der Waals surface area contributed by atoms with Gasteiger partial charge in [0.2, 0.25) is 0 Å². The molecule has 0 bridgehead atoms. The summed E-state index contributed by atoms with van der Waals surface area (Å²) in [6.07, 6.45) is 3.05. The van der Waals surface area contributed by atoms with Crippen molar-refractivity contribution in [1.82, 2.24) is 14.9 Å². The highest BCUT2D eigenvalue weighted by molar-refractivity contribution is 5.64. The Kier molecular flexibility index (Phi) is 9.70. The molecule has 4 aromatic rings. The van der Waals surface area contributed by atoms with E-state index in [2.05, 4.69) is 54.3 Å². The molecule has 0 unspecified atom stereocenters. The standard InChI is InChI=1S/C34H39N3O4/c1-4-6-15-29-30(35-34(38-3)36-33(29)27-12-8-7-9-13-27)24-37(22-25-11-10-14-28(20-25)39-5-2)23-26-16-17-31-32(21-26)41-19-18-40-31/h7-14,16-17,20-21H,4-6,15,18-19,22-24H2,1-3H3. The Morgan fingerprint density at radius 2 is 1.59 bits per heavy atom. The third-order valence-electron chi connectivity index (χ3n) is 7.08. The summed E-state index contributed by atoms with van der Waals surface area (Å²) in [6, 6.07) is 25.2. The van der Waals surface area contributed by atoms with Gasteiger partial charge < -0.3 is 18.9 Å². The smallest absolute Gasteiger partial charge is 0.316 e. The molecule has 1 aromatic heterocycles. The summed E-state index contributed by atoms with van der Waals surface area (Å²) in [5, 5.41) is 0. The molecule has 1 aliphatic rings. The molecule has 0 N–H and O–H groups in total. The fourth-order valence-electron chi connectivity index (χ4n) is 5.16. The topological polar surface area (TPSA) is 65.9 Å². The lowest BCUT2D eigenvalue weighted by molar-refractivity contribution is 0.171. The van der Waals surface area contributed by atoms with Crippen LogP contribution in [0.3, 0.4) is 0 Å². The summed E-state index contributed by atoms with van der Waals surface area (Å²) in [7, 11) is 1.63. The largest absolute Gasteiger partial charge is 0.494 e. The van der Waals surface area contributed by atoms with Crippen LogP contribution in [0, 0.1) is 0 Å². The Labute approximate surface area is 243 Å². The second-order valence-corrected chi connectivity index (χ2v) is 10.2. The molecule has 0 saturated carbocycles. The van der Waals surface area contributed by atoms with Gasteiger partial charge in [0, 0.05) is 30.8 Å². The van der Waals surface area contributed by atoms with E-state index in [0.717, 1.165) is 65.6 Å². The van der Waals surface area contributed by atoms with Crippen LogP contribution in [-0.2, 0) is 26.1 Å². The molecule has 2 heterocycles. The second-order valence-electron chi connectivity index (χ2n) is 10.2. The van der Waals surface area contributed by atoms with E-state index >= 15 is 0 Å². The number of aromatic nitrogens is 2. The van der Waals surface area contributed by atoms with Crippen LogP contribution in [0.1, 0.15) is 49.1 Å². The highest BCUT2D eigenvalue weighted by atomic mass is 16.6. The molecule has 1 aliphatic heterocycles. The van der Waals surface area contributed by atoms with Crippen molar-refractivity contribution in [3.63, 3.8) is 0 Å². The van der Waals surface area contributed by atoms with Gasteiger partial charge in [-0.3, -0.25) is 4.90 Å². The lowest BCUT2D eigenvalue weighted by atomic mass is 9.99. The zero-order chi connectivity index (χ0) is 28.4. The number of benzene rings is 3. The Morgan fingerprint density at radius 3 is 2.34 bits per heavy atom. The molecule has 0 amide bonds. The predicted molar refractivity (Wildman–Crippen MR) is 161 cm³/mol. The van der Waals surface area contributed by atoms with Crippen molar-refractivity contribution in [2.24, 2.45) is 0 Å². The normalized spacial score (nSPS) is 12.4. The lowest BCUT2D eigenvalue weighted by Crippen LogP contribution is -2.25. The van der Waals surface area contributed by atoms with Gasteiger partial charge in [-0.2, -0.15) is 9.97 Å². The minimum absolute atomic E-state index is 0.386. The fraction of sp³-hybridized carbons (Fsp3) is 0.353. The van der Waals surface area contributed by atoms with E-state index in [1.807, 2.05) is 37.3 Å². The van der Waals surface area contributed by atoms with Crippen molar-refractivity contribution in [2.75, 3.05) is 26.9 Å². The maximum Gasteiger partial charge on any atom is 0.316 e. The minimum Gasteiger partial charge on any atom is -0.494 e. The molecule has 0 radical (unpaired) electrons. The van der Waals surface area contributed by atoms with E-state index in [-0.39, 0.29) is 0 Å². The molecule has 5 rings (SSSR count). The average molecular weight is 554 g/mol. The second kappa shape index (κ2) is 14.0. The van der Waals surface area contributed by atoms with Crippen LogP contribution in [-0.4, -0.2) is 41.8 Å². The number of hydrogen-bond donors (Lipinski definition) is 0. The SMILES string of the molecule is CCCCc1c(CN(Cc2cccc(OCC)c2)Cc2ccc3c(c2)OCCO3)nc(OC)nc1-c1ccccc1. The van der Waals surface area contributed by atoms with Gasteiger partial charge in [0.25, 0.3) is 0 Å².